The lowest BCUT2D eigenvalue weighted by Gasteiger charge is -2.26. The molecule has 0 saturated carbocycles. The molecule has 2 atom stereocenters. The second-order valence-corrected chi connectivity index (χ2v) is 7.54. The van der Waals surface area contributed by atoms with Gasteiger partial charge in [0.2, 0.25) is 0 Å². The van der Waals surface area contributed by atoms with Crippen molar-refractivity contribution in [1.29, 1.82) is 0 Å². The maximum absolute atomic E-state index is 5.73. The van der Waals surface area contributed by atoms with Gasteiger partial charge in [-0.25, -0.2) is 14.7 Å². The minimum absolute atomic E-state index is 0.250. The van der Waals surface area contributed by atoms with Crippen molar-refractivity contribution in [3.05, 3.63) is 23.3 Å². The molecule has 4 heterocycles. The van der Waals surface area contributed by atoms with Crippen LogP contribution in [0.15, 0.2) is 4.99 Å². The van der Waals surface area contributed by atoms with Crippen LogP contribution in [0.1, 0.15) is 42.6 Å². The summed E-state index contributed by atoms with van der Waals surface area (Å²) in [5.74, 6) is 4.40. The first-order valence-electron chi connectivity index (χ1n) is 10.00. The number of hydrogen-bond donors (Lipinski definition) is 2. The Morgan fingerprint density at radius 1 is 1.29 bits per heavy atom. The summed E-state index contributed by atoms with van der Waals surface area (Å²) in [6.45, 7) is 6.74. The SMILES string of the molecule is Cc1nc2n(n1)CC(NC(=NCc1nnc(C)n1C)NCC1CCCO1)CC2. The third-order valence-electron chi connectivity index (χ3n) is 5.39. The molecule has 0 spiro atoms. The molecule has 28 heavy (non-hydrogen) atoms. The van der Waals surface area contributed by atoms with Crippen LogP contribution >= 0.6 is 0 Å². The number of aliphatic imine (C=N–C) groups is 1. The Labute approximate surface area is 164 Å². The van der Waals surface area contributed by atoms with E-state index in [1.807, 2.05) is 30.1 Å². The quantitative estimate of drug-likeness (QED) is 0.559. The van der Waals surface area contributed by atoms with Crippen molar-refractivity contribution >= 4 is 5.96 Å². The molecular formula is C18H29N9O. The predicted octanol–water partition coefficient (Wildman–Crippen LogP) is 0.253. The molecule has 2 aromatic rings. The zero-order valence-electron chi connectivity index (χ0n) is 16.9. The molecule has 2 unspecified atom stereocenters. The summed E-state index contributed by atoms with van der Waals surface area (Å²) in [6, 6.07) is 0.255. The molecule has 2 aliphatic heterocycles. The van der Waals surface area contributed by atoms with E-state index < -0.39 is 0 Å². The van der Waals surface area contributed by atoms with Gasteiger partial charge in [-0.2, -0.15) is 5.10 Å². The number of nitrogens with one attached hydrogen (secondary N) is 2. The van der Waals surface area contributed by atoms with E-state index in [1.54, 1.807) is 0 Å². The Hall–Kier alpha value is -2.49. The first kappa shape index (κ1) is 18.9. The predicted molar refractivity (Wildman–Crippen MR) is 104 cm³/mol. The Morgan fingerprint density at radius 2 is 2.18 bits per heavy atom. The van der Waals surface area contributed by atoms with Crippen molar-refractivity contribution in [3.63, 3.8) is 0 Å². The maximum atomic E-state index is 5.73. The number of hydrogen-bond acceptors (Lipinski definition) is 6. The molecule has 0 bridgehead atoms. The summed E-state index contributed by atoms with van der Waals surface area (Å²) in [4.78, 5) is 9.24. The highest BCUT2D eigenvalue weighted by Gasteiger charge is 2.22. The van der Waals surface area contributed by atoms with Gasteiger partial charge >= 0.3 is 0 Å². The van der Waals surface area contributed by atoms with Gasteiger partial charge in [0.1, 0.15) is 24.0 Å². The molecule has 0 aromatic carbocycles. The van der Waals surface area contributed by atoms with Crippen LogP contribution in [-0.2, 0) is 31.3 Å². The van der Waals surface area contributed by atoms with Crippen molar-refractivity contribution in [2.75, 3.05) is 13.2 Å². The molecule has 0 aliphatic carbocycles. The summed E-state index contributed by atoms with van der Waals surface area (Å²) in [7, 11) is 1.96. The van der Waals surface area contributed by atoms with Gasteiger partial charge in [0.25, 0.3) is 0 Å². The summed E-state index contributed by atoms with van der Waals surface area (Å²) in [5.41, 5.74) is 0. The van der Waals surface area contributed by atoms with Crippen LogP contribution in [0.25, 0.3) is 0 Å². The Balaban J connectivity index is 1.42. The summed E-state index contributed by atoms with van der Waals surface area (Å²) >= 11 is 0. The van der Waals surface area contributed by atoms with Crippen LogP contribution in [0.3, 0.4) is 0 Å². The number of rotatable bonds is 5. The van der Waals surface area contributed by atoms with Crippen LogP contribution in [0, 0.1) is 13.8 Å². The molecular weight excluding hydrogens is 358 g/mol. The Morgan fingerprint density at radius 3 is 2.93 bits per heavy atom. The lowest BCUT2D eigenvalue weighted by Crippen LogP contribution is -2.48. The topological polar surface area (TPSA) is 107 Å². The monoisotopic (exact) mass is 387 g/mol. The third kappa shape index (κ3) is 4.32. The standard InChI is InChI=1S/C18H29N9O/c1-12-21-16-7-6-14(11-27(16)25-12)22-18(19-9-15-5-4-8-28-15)20-10-17-24-23-13(2)26(17)3/h14-15H,4-11H2,1-3H3,(H2,19,20,22). The van der Waals surface area contributed by atoms with E-state index in [4.69, 9.17) is 9.73 Å². The highest BCUT2D eigenvalue weighted by Crippen LogP contribution is 2.13. The van der Waals surface area contributed by atoms with Gasteiger partial charge in [-0.3, -0.25) is 0 Å². The first-order chi connectivity index (χ1) is 13.6. The fraction of sp³-hybridized carbons (Fsp3) is 0.722. The molecule has 2 aliphatic rings. The van der Waals surface area contributed by atoms with E-state index >= 15 is 0 Å². The molecule has 0 radical (unpaired) electrons. The number of guanidine groups is 1. The van der Waals surface area contributed by atoms with Gasteiger partial charge in [0.15, 0.2) is 11.8 Å². The van der Waals surface area contributed by atoms with Gasteiger partial charge < -0.3 is 19.9 Å². The van der Waals surface area contributed by atoms with Crippen LogP contribution < -0.4 is 10.6 Å². The highest BCUT2D eigenvalue weighted by molar-refractivity contribution is 5.80. The molecule has 2 aromatic heterocycles. The smallest absolute Gasteiger partial charge is 0.192 e. The average molecular weight is 387 g/mol. The molecule has 2 N–H and O–H groups in total. The highest BCUT2D eigenvalue weighted by atomic mass is 16.5. The molecule has 0 amide bonds. The van der Waals surface area contributed by atoms with Gasteiger partial charge in [0.05, 0.1) is 12.6 Å². The second kappa shape index (κ2) is 8.26. The summed E-state index contributed by atoms with van der Waals surface area (Å²) in [5, 5.41) is 19.8. The van der Waals surface area contributed by atoms with Crippen LogP contribution in [-0.4, -0.2) is 60.8 Å². The first-order valence-corrected chi connectivity index (χ1v) is 10.00. The minimum Gasteiger partial charge on any atom is -0.376 e. The van der Waals surface area contributed by atoms with E-state index in [0.29, 0.717) is 6.54 Å². The summed E-state index contributed by atoms with van der Waals surface area (Å²) < 4.78 is 9.70. The lowest BCUT2D eigenvalue weighted by molar-refractivity contribution is 0.113. The Bertz CT molecular complexity index is 834. The maximum Gasteiger partial charge on any atom is 0.192 e. The van der Waals surface area contributed by atoms with Gasteiger partial charge in [-0.1, -0.05) is 0 Å². The van der Waals surface area contributed by atoms with Crippen LogP contribution in [0.4, 0.5) is 0 Å². The molecule has 152 valence electrons. The van der Waals surface area contributed by atoms with E-state index in [-0.39, 0.29) is 12.1 Å². The van der Waals surface area contributed by atoms with Crippen molar-refractivity contribution in [3.8, 4) is 0 Å². The van der Waals surface area contributed by atoms with E-state index in [0.717, 1.165) is 74.6 Å². The zero-order valence-corrected chi connectivity index (χ0v) is 16.9. The molecule has 10 heteroatoms. The average Bonchev–Trinajstić information content (AvgIpc) is 3.39. The lowest BCUT2D eigenvalue weighted by atomic mass is 10.1. The Kier molecular flexibility index (Phi) is 5.56. The zero-order chi connectivity index (χ0) is 19.5. The van der Waals surface area contributed by atoms with Crippen molar-refractivity contribution in [2.45, 2.75) is 64.8 Å². The van der Waals surface area contributed by atoms with Crippen molar-refractivity contribution in [2.24, 2.45) is 12.0 Å². The number of aryl methyl sites for hydroxylation is 3. The third-order valence-corrected chi connectivity index (χ3v) is 5.39. The molecule has 10 nitrogen and oxygen atoms in total. The van der Waals surface area contributed by atoms with E-state index in [9.17, 15) is 0 Å². The molecule has 4 rings (SSSR count). The van der Waals surface area contributed by atoms with E-state index in [1.165, 1.54) is 0 Å². The fourth-order valence-corrected chi connectivity index (χ4v) is 3.65. The van der Waals surface area contributed by atoms with Gasteiger partial charge in [0, 0.05) is 32.7 Å². The second-order valence-electron chi connectivity index (χ2n) is 7.54. The largest absolute Gasteiger partial charge is 0.376 e. The van der Waals surface area contributed by atoms with Gasteiger partial charge in [-0.05, 0) is 33.1 Å². The number of nitrogens with zero attached hydrogens (tertiary/aromatic N) is 7. The number of fused-ring (bicyclic) bond motifs is 1. The van der Waals surface area contributed by atoms with Crippen LogP contribution in [0.5, 0.6) is 0 Å². The molecule has 1 saturated heterocycles. The normalized spacial score (nSPS) is 22.3. The minimum atomic E-state index is 0.250. The van der Waals surface area contributed by atoms with Gasteiger partial charge in [-0.15, -0.1) is 10.2 Å². The fourth-order valence-electron chi connectivity index (χ4n) is 3.65. The van der Waals surface area contributed by atoms with Crippen LogP contribution in [0.2, 0.25) is 0 Å². The van der Waals surface area contributed by atoms with Crippen molar-refractivity contribution in [1.82, 2.24) is 40.2 Å². The number of aromatic nitrogens is 6. The van der Waals surface area contributed by atoms with E-state index in [2.05, 4.69) is 30.9 Å². The number of ether oxygens (including phenoxy) is 1. The molecule has 1 fully saturated rings. The van der Waals surface area contributed by atoms with Crippen molar-refractivity contribution < 1.29 is 4.74 Å². The summed E-state index contributed by atoms with van der Waals surface area (Å²) in [6.07, 6.45) is 4.39.